The van der Waals surface area contributed by atoms with Crippen molar-refractivity contribution in [2.24, 2.45) is 10.9 Å². The lowest BCUT2D eigenvalue weighted by molar-refractivity contribution is 0.480. The Hall–Kier alpha value is -4.35. The van der Waals surface area contributed by atoms with E-state index in [0.29, 0.717) is 25.1 Å². The molecule has 2 atom stereocenters. The molecule has 0 spiro atoms. The SMILES string of the molecule is CCC(N=C1C=CC(C(c2ccccc2)c2ccc(N(CC)Cc3cccc(S(=O)(=O)O)c3)cc2)C=C1)c1cccc(S(=O)(=O)O)c1. The van der Waals surface area contributed by atoms with Crippen molar-refractivity contribution in [2.75, 3.05) is 11.4 Å². The average Bonchev–Trinajstić information content (AvgIpc) is 3.07. The second kappa shape index (κ2) is 14.6. The molecule has 8 nitrogen and oxygen atoms in total. The number of anilines is 1. The molecule has 0 saturated carbocycles. The molecule has 0 radical (unpaired) electrons. The van der Waals surface area contributed by atoms with Gasteiger partial charge in [0.1, 0.15) is 0 Å². The third-order valence-corrected chi connectivity index (χ3v) is 10.0. The first-order valence-corrected chi connectivity index (χ1v) is 18.3. The lowest BCUT2D eigenvalue weighted by atomic mass is 9.79. The first-order chi connectivity index (χ1) is 22.5. The van der Waals surface area contributed by atoms with Crippen LogP contribution in [0.1, 0.15) is 54.5 Å². The van der Waals surface area contributed by atoms with Gasteiger partial charge in [0.15, 0.2) is 0 Å². The summed E-state index contributed by atoms with van der Waals surface area (Å²) in [5, 5.41) is 0. The molecule has 0 aliphatic heterocycles. The minimum absolute atomic E-state index is 0.0363. The van der Waals surface area contributed by atoms with Crippen molar-refractivity contribution in [3.8, 4) is 0 Å². The molecule has 5 rings (SSSR count). The third-order valence-electron chi connectivity index (χ3n) is 8.32. The quantitative estimate of drug-likeness (QED) is 0.148. The van der Waals surface area contributed by atoms with Gasteiger partial charge in [-0.2, -0.15) is 16.8 Å². The Morgan fingerprint density at radius 1 is 0.702 bits per heavy atom. The number of benzene rings is 4. The number of hydrogen-bond acceptors (Lipinski definition) is 6. The van der Waals surface area contributed by atoms with Gasteiger partial charge in [-0.3, -0.25) is 14.1 Å². The monoisotopic (exact) mass is 670 g/mol. The molecule has 244 valence electrons. The molecule has 0 heterocycles. The maximum atomic E-state index is 11.7. The summed E-state index contributed by atoms with van der Waals surface area (Å²) in [6.07, 6.45) is 8.95. The summed E-state index contributed by atoms with van der Waals surface area (Å²) in [6, 6.07) is 31.1. The third kappa shape index (κ3) is 8.52. The lowest BCUT2D eigenvalue weighted by Crippen LogP contribution is -2.22. The molecule has 0 aromatic heterocycles. The van der Waals surface area contributed by atoms with Gasteiger partial charge in [0.2, 0.25) is 0 Å². The molecule has 0 bridgehead atoms. The summed E-state index contributed by atoms with van der Waals surface area (Å²) in [7, 11) is -8.59. The van der Waals surface area contributed by atoms with Crippen molar-refractivity contribution in [3.05, 3.63) is 150 Å². The summed E-state index contributed by atoms with van der Waals surface area (Å²) in [5.41, 5.74) is 5.57. The lowest BCUT2D eigenvalue weighted by Gasteiger charge is -2.27. The predicted octanol–water partition coefficient (Wildman–Crippen LogP) is 7.67. The van der Waals surface area contributed by atoms with E-state index in [2.05, 4.69) is 53.5 Å². The number of allylic oxidation sites excluding steroid dienone is 4. The van der Waals surface area contributed by atoms with Gasteiger partial charge in [-0.05, 0) is 84.1 Å². The van der Waals surface area contributed by atoms with Crippen molar-refractivity contribution in [1.29, 1.82) is 0 Å². The van der Waals surface area contributed by atoms with Gasteiger partial charge in [-0.1, -0.05) is 85.8 Å². The van der Waals surface area contributed by atoms with E-state index in [9.17, 15) is 25.9 Å². The second-order valence-corrected chi connectivity index (χ2v) is 14.3. The van der Waals surface area contributed by atoms with E-state index >= 15 is 0 Å². The van der Waals surface area contributed by atoms with Crippen LogP contribution in [0, 0.1) is 5.92 Å². The summed E-state index contributed by atoms with van der Waals surface area (Å²) in [6.45, 7) is 5.21. The molecule has 1 aliphatic carbocycles. The Bertz CT molecular complexity index is 1990. The van der Waals surface area contributed by atoms with Gasteiger partial charge in [0.05, 0.1) is 21.5 Å². The van der Waals surface area contributed by atoms with Crippen LogP contribution in [0.4, 0.5) is 5.69 Å². The Labute approximate surface area is 277 Å². The predicted molar refractivity (Wildman–Crippen MR) is 186 cm³/mol. The van der Waals surface area contributed by atoms with Crippen LogP contribution in [0.2, 0.25) is 0 Å². The molecular weight excluding hydrogens is 633 g/mol. The number of aliphatic imine (C=N–C) groups is 1. The van der Waals surface area contributed by atoms with E-state index < -0.39 is 20.2 Å². The second-order valence-electron chi connectivity index (χ2n) is 11.4. The van der Waals surface area contributed by atoms with Gasteiger partial charge in [0, 0.05) is 30.6 Å². The Morgan fingerprint density at radius 2 is 1.28 bits per heavy atom. The van der Waals surface area contributed by atoms with Crippen LogP contribution in [0.25, 0.3) is 0 Å². The van der Waals surface area contributed by atoms with Gasteiger partial charge in [-0.15, -0.1) is 0 Å². The Kier molecular flexibility index (Phi) is 10.6. The molecule has 0 fully saturated rings. The van der Waals surface area contributed by atoms with Crippen LogP contribution >= 0.6 is 0 Å². The fraction of sp³-hybridized carbons (Fsp3) is 0.216. The molecule has 1 aliphatic rings. The first kappa shape index (κ1) is 34.0. The first-order valence-electron chi connectivity index (χ1n) is 15.4. The topological polar surface area (TPSA) is 124 Å². The zero-order valence-electron chi connectivity index (χ0n) is 26.2. The molecule has 2 unspecified atom stereocenters. The Morgan fingerprint density at radius 3 is 1.87 bits per heavy atom. The number of hydrogen-bond donors (Lipinski definition) is 2. The van der Waals surface area contributed by atoms with Crippen LogP contribution in [-0.2, 0) is 26.8 Å². The van der Waals surface area contributed by atoms with E-state index in [1.165, 1.54) is 29.8 Å². The van der Waals surface area contributed by atoms with Crippen molar-refractivity contribution in [3.63, 3.8) is 0 Å². The fourth-order valence-corrected chi connectivity index (χ4v) is 7.00. The van der Waals surface area contributed by atoms with E-state index in [-0.39, 0.29) is 27.7 Å². The number of nitrogens with zero attached hydrogens (tertiary/aromatic N) is 2. The van der Waals surface area contributed by atoms with E-state index in [1.54, 1.807) is 12.1 Å². The van der Waals surface area contributed by atoms with Crippen LogP contribution in [0.3, 0.4) is 0 Å². The highest BCUT2D eigenvalue weighted by atomic mass is 32.2. The van der Waals surface area contributed by atoms with Gasteiger partial charge in [0.25, 0.3) is 20.2 Å². The zero-order valence-corrected chi connectivity index (χ0v) is 27.8. The van der Waals surface area contributed by atoms with Crippen LogP contribution < -0.4 is 4.90 Å². The summed E-state index contributed by atoms with van der Waals surface area (Å²) in [4.78, 5) is 6.77. The molecule has 0 amide bonds. The molecule has 10 heteroatoms. The van der Waals surface area contributed by atoms with Gasteiger partial charge >= 0.3 is 0 Å². The van der Waals surface area contributed by atoms with Crippen LogP contribution in [-0.4, -0.2) is 38.2 Å². The minimum atomic E-state index is -4.31. The van der Waals surface area contributed by atoms with Crippen molar-refractivity contribution in [1.82, 2.24) is 0 Å². The molecule has 4 aromatic carbocycles. The highest BCUT2D eigenvalue weighted by molar-refractivity contribution is 7.86. The maximum Gasteiger partial charge on any atom is 0.294 e. The van der Waals surface area contributed by atoms with Crippen molar-refractivity contribution in [2.45, 2.75) is 48.6 Å². The number of rotatable bonds is 12. The highest BCUT2D eigenvalue weighted by Gasteiger charge is 2.24. The van der Waals surface area contributed by atoms with E-state index in [1.807, 2.05) is 56.3 Å². The van der Waals surface area contributed by atoms with Crippen molar-refractivity contribution < 1.29 is 25.9 Å². The summed E-state index contributed by atoms with van der Waals surface area (Å²) < 4.78 is 65.6. The van der Waals surface area contributed by atoms with Crippen LogP contribution in [0.5, 0.6) is 0 Å². The maximum absolute atomic E-state index is 11.7. The Balaban J connectivity index is 1.38. The smallest absolute Gasteiger partial charge is 0.294 e. The minimum Gasteiger partial charge on any atom is -0.367 e. The van der Waals surface area contributed by atoms with Crippen molar-refractivity contribution >= 4 is 31.6 Å². The summed E-state index contributed by atoms with van der Waals surface area (Å²) in [5.74, 6) is 0.0878. The standard InChI is InChI=1S/C37H38N2O6S2/c1-3-36(31-13-9-15-35(25-31)47(43,44)45)38-32-20-16-29(17-21-32)37(28-11-6-5-7-12-28)30-18-22-33(23-19-30)39(4-2)26-27-10-8-14-34(24-27)46(40,41)42/h5-25,29,36-37H,3-4,26H2,1-2H3,(H,40,41,42)(H,43,44,45). The molecule has 2 N–H and O–H groups in total. The van der Waals surface area contributed by atoms with Gasteiger partial charge < -0.3 is 4.90 Å². The highest BCUT2D eigenvalue weighted by Crippen LogP contribution is 2.36. The van der Waals surface area contributed by atoms with Crippen LogP contribution in [0.15, 0.2) is 142 Å². The van der Waals surface area contributed by atoms with E-state index in [0.717, 1.165) is 22.5 Å². The summed E-state index contributed by atoms with van der Waals surface area (Å²) >= 11 is 0. The average molecular weight is 671 g/mol. The van der Waals surface area contributed by atoms with Gasteiger partial charge in [-0.25, -0.2) is 0 Å². The molecular formula is C37H38N2O6S2. The van der Waals surface area contributed by atoms with E-state index in [4.69, 9.17) is 4.99 Å². The zero-order chi connectivity index (χ0) is 33.6. The molecule has 47 heavy (non-hydrogen) atoms. The molecule has 0 saturated heterocycles. The largest absolute Gasteiger partial charge is 0.367 e. The molecule has 4 aromatic rings. The normalized spacial score (nSPS) is 16.1. The fourth-order valence-electron chi connectivity index (χ4n) is 5.91.